The lowest BCUT2D eigenvalue weighted by Crippen LogP contribution is -2.23. The van der Waals surface area contributed by atoms with Crippen molar-refractivity contribution in [2.24, 2.45) is 5.92 Å². The summed E-state index contributed by atoms with van der Waals surface area (Å²) in [7, 11) is 0. The average molecular weight is 209 g/mol. The van der Waals surface area contributed by atoms with Crippen molar-refractivity contribution in [1.29, 1.82) is 0 Å². The molecule has 1 rings (SSSR count). The van der Waals surface area contributed by atoms with Crippen molar-refractivity contribution in [3.05, 3.63) is 18.0 Å². The summed E-state index contributed by atoms with van der Waals surface area (Å²) >= 11 is 0. The van der Waals surface area contributed by atoms with Crippen molar-refractivity contribution in [2.45, 2.75) is 40.2 Å². The molecule has 0 aromatic carbocycles. The number of nitrogens with zero attached hydrogens (tertiary/aromatic N) is 2. The summed E-state index contributed by atoms with van der Waals surface area (Å²) in [6, 6.07) is 2.54. The Hall–Kier alpha value is -0.830. The maximum Gasteiger partial charge on any atom is 0.0593 e. The second kappa shape index (κ2) is 5.91. The van der Waals surface area contributed by atoms with Crippen LogP contribution in [-0.2, 0) is 0 Å². The number of hydrogen-bond acceptors (Lipinski definition) is 2. The van der Waals surface area contributed by atoms with Crippen molar-refractivity contribution in [3.63, 3.8) is 0 Å². The van der Waals surface area contributed by atoms with E-state index in [9.17, 15) is 0 Å². The van der Waals surface area contributed by atoms with E-state index in [2.05, 4.69) is 43.4 Å². The molecule has 1 atom stereocenters. The molecule has 0 spiro atoms. The highest BCUT2D eigenvalue weighted by atomic mass is 15.3. The van der Waals surface area contributed by atoms with Crippen molar-refractivity contribution < 1.29 is 0 Å². The molecule has 0 aliphatic heterocycles. The highest BCUT2D eigenvalue weighted by Crippen LogP contribution is 2.08. The average Bonchev–Trinajstić information content (AvgIpc) is 2.59. The summed E-state index contributed by atoms with van der Waals surface area (Å²) < 4.78 is 2.05. The molecule has 0 amide bonds. The van der Waals surface area contributed by atoms with Gasteiger partial charge in [-0.2, -0.15) is 5.10 Å². The number of nitrogens with one attached hydrogen (secondary N) is 1. The number of rotatable bonds is 6. The second-order valence-electron chi connectivity index (χ2n) is 4.67. The van der Waals surface area contributed by atoms with Crippen LogP contribution >= 0.6 is 0 Å². The highest BCUT2D eigenvalue weighted by Gasteiger charge is 2.04. The van der Waals surface area contributed by atoms with Gasteiger partial charge < -0.3 is 5.32 Å². The van der Waals surface area contributed by atoms with Gasteiger partial charge in [-0.3, -0.25) is 4.68 Å². The van der Waals surface area contributed by atoms with Gasteiger partial charge in [0.15, 0.2) is 0 Å². The Kier molecular flexibility index (Phi) is 4.82. The fraction of sp³-hybridized carbons (Fsp3) is 0.750. The van der Waals surface area contributed by atoms with Gasteiger partial charge in [-0.1, -0.05) is 13.8 Å². The molecule has 1 aromatic heterocycles. The van der Waals surface area contributed by atoms with E-state index in [0.717, 1.165) is 31.1 Å². The predicted octanol–water partition coefficient (Wildman–Crippen LogP) is 2.39. The fourth-order valence-electron chi connectivity index (χ4n) is 1.51. The zero-order chi connectivity index (χ0) is 11.3. The standard InChI is InChI=1S/C12H23N3/c1-10(2)9-13-7-5-12(4)15-8-6-11(3)14-15/h6,8,10,12-13H,5,7,9H2,1-4H3. The Labute approximate surface area is 92.9 Å². The van der Waals surface area contributed by atoms with E-state index in [4.69, 9.17) is 0 Å². The van der Waals surface area contributed by atoms with Crippen LogP contribution in [0.15, 0.2) is 12.3 Å². The van der Waals surface area contributed by atoms with Crippen molar-refractivity contribution in [2.75, 3.05) is 13.1 Å². The molecule has 0 saturated heterocycles. The van der Waals surface area contributed by atoms with Crippen molar-refractivity contribution >= 4 is 0 Å². The smallest absolute Gasteiger partial charge is 0.0593 e. The van der Waals surface area contributed by atoms with Crippen LogP contribution in [0.4, 0.5) is 0 Å². The lowest BCUT2D eigenvalue weighted by Gasteiger charge is -2.13. The van der Waals surface area contributed by atoms with Crippen LogP contribution in [0.1, 0.15) is 38.9 Å². The highest BCUT2D eigenvalue weighted by molar-refractivity contribution is 4.95. The minimum Gasteiger partial charge on any atom is -0.316 e. The topological polar surface area (TPSA) is 29.9 Å². The summed E-state index contributed by atoms with van der Waals surface area (Å²) in [5.41, 5.74) is 1.09. The summed E-state index contributed by atoms with van der Waals surface area (Å²) in [6.45, 7) is 10.9. The molecule has 0 bridgehead atoms. The molecule has 1 unspecified atom stereocenters. The zero-order valence-corrected chi connectivity index (χ0v) is 10.3. The van der Waals surface area contributed by atoms with Crippen LogP contribution in [0.2, 0.25) is 0 Å². The van der Waals surface area contributed by atoms with Crippen LogP contribution < -0.4 is 5.32 Å². The van der Waals surface area contributed by atoms with Gasteiger partial charge in [0.2, 0.25) is 0 Å². The van der Waals surface area contributed by atoms with E-state index < -0.39 is 0 Å². The third-order valence-corrected chi connectivity index (χ3v) is 2.48. The molecule has 0 aliphatic rings. The van der Waals surface area contributed by atoms with E-state index in [1.165, 1.54) is 0 Å². The number of aryl methyl sites for hydroxylation is 1. The molecular formula is C12H23N3. The van der Waals surface area contributed by atoms with Gasteiger partial charge in [-0.05, 0) is 45.3 Å². The zero-order valence-electron chi connectivity index (χ0n) is 10.3. The summed E-state index contributed by atoms with van der Waals surface area (Å²) in [5.74, 6) is 0.729. The maximum absolute atomic E-state index is 4.41. The molecule has 0 aliphatic carbocycles. The number of aromatic nitrogens is 2. The lowest BCUT2D eigenvalue weighted by atomic mass is 10.2. The third kappa shape index (κ3) is 4.47. The van der Waals surface area contributed by atoms with Crippen molar-refractivity contribution in [3.8, 4) is 0 Å². The predicted molar refractivity (Wildman–Crippen MR) is 64.0 cm³/mol. The summed E-state index contributed by atoms with van der Waals surface area (Å²) in [6.07, 6.45) is 3.19. The third-order valence-electron chi connectivity index (χ3n) is 2.48. The molecule has 1 heterocycles. The lowest BCUT2D eigenvalue weighted by molar-refractivity contribution is 0.432. The molecule has 15 heavy (non-hydrogen) atoms. The van der Waals surface area contributed by atoms with Gasteiger partial charge in [0.1, 0.15) is 0 Å². The molecule has 0 fully saturated rings. The molecule has 1 aromatic rings. The first kappa shape index (κ1) is 12.2. The first-order valence-electron chi connectivity index (χ1n) is 5.82. The van der Waals surface area contributed by atoms with Gasteiger partial charge in [-0.15, -0.1) is 0 Å². The number of hydrogen-bond donors (Lipinski definition) is 1. The van der Waals surface area contributed by atoms with Crippen LogP contribution in [0.25, 0.3) is 0 Å². The van der Waals surface area contributed by atoms with Gasteiger partial charge in [0.25, 0.3) is 0 Å². The summed E-state index contributed by atoms with van der Waals surface area (Å²) in [5, 5.41) is 7.86. The maximum atomic E-state index is 4.41. The normalized spacial score (nSPS) is 13.4. The Morgan fingerprint density at radius 1 is 1.40 bits per heavy atom. The Morgan fingerprint density at radius 3 is 2.67 bits per heavy atom. The van der Waals surface area contributed by atoms with Crippen LogP contribution in [0.5, 0.6) is 0 Å². The Morgan fingerprint density at radius 2 is 2.13 bits per heavy atom. The molecule has 86 valence electrons. The largest absolute Gasteiger partial charge is 0.316 e. The molecule has 1 N–H and O–H groups in total. The molecule has 0 radical (unpaired) electrons. The second-order valence-corrected chi connectivity index (χ2v) is 4.67. The van der Waals surface area contributed by atoms with Gasteiger partial charge >= 0.3 is 0 Å². The first-order valence-corrected chi connectivity index (χ1v) is 5.82. The molecule has 0 saturated carbocycles. The van der Waals surface area contributed by atoms with E-state index in [0.29, 0.717) is 6.04 Å². The fourth-order valence-corrected chi connectivity index (χ4v) is 1.51. The van der Waals surface area contributed by atoms with E-state index in [1.54, 1.807) is 0 Å². The van der Waals surface area contributed by atoms with Crippen LogP contribution in [0.3, 0.4) is 0 Å². The van der Waals surface area contributed by atoms with Gasteiger partial charge in [0, 0.05) is 6.20 Å². The monoisotopic (exact) mass is 209 g/mol. The van der Waals surface area contributed by atoms with E-state index in [1.807, 2.05) is 11.6 Å². The summed E-state index contributed by atoms with van der Waals surface area (Å²) in [4.78, 5) is 0. The van der Waals surface area contributed by atoms with Gasteiger partial charge in [0.05, 0.1) is 11.7 Å². The first-order chi connectivity index (χ1) is 7.09. The Bertz CT molecular complexity index is 278. The Balaban J connectivity index is 2.21. The van der Waals surface area contributed by atoms with Crippen LogP contribution in [0, 0.1) is 12.8 Å². The van der Waals surface area contributed by atoms with E-state index in [-0.39, 0.29) is 0 Å². The molecule has 3 heteroatoms. The SMILES string of the molecule is Cc1ccn(C(C)CCNCC(C)C)n1. The van der Waals surface area contributed by atoms with E-state index >= 15 is 0 Å². The minimum absolute atomic E-state index is 0.485. The molecular weight excluding hydrogens is 186 g/mol. The van der Waals surface area contributed by atoms with Gasteiger partial charge in [-0.25, -0.2) is 0 Å². The van der Waals surface area contributed by atoms with Crippen LogP contribution in [-0.4, -0.2) is 22.9 Å². The minimum atomic E-state index is 0.485. The quantitative estimate of drug-likeness (QED) is 0.729. The molecule has 3 nitrogen and oxygen atoms in total. The van der Waals surface area contributed by atoms with Crippen molar-refractivity contribution in [1.82, 2.24) is 15.1 Å².